The molecule has 0 aromatic carbocycles. The first-order valence-electron chi connectivity index (χ1n) is 6.20. The molecule has 1 fully saturated rings. The molecule has 1 aliphatic rings. The van der Waals surface area contributed by atoms with Crippen LogP contribution in [0.25, 0.3) is 0 Å². The van der Waals surface area contributed by atoms with E-state index in [0.717, 1.165) is 23.7 Å². The quantitative estimate of drug-likeness (QED) is 0.848. The standard InChI is InChI=1S/C12H16ClNO3S2/c1-8-10(7-18-12(8)19(13,16)17)11(15)14-6-5-9-3-2-4-9/h7,9H,2-6H2,1H3,(H,14,15). The van der Waals surface area contributed by atoms with E-state index in [1.165, 1.54) is 19.3 Å². The highest BCUT2D eigenvalue weighted by Gasteiger charge is 2.22. The Bertz CT molecular complexity index is 576. The van der Waals surface area contributed by atoms with E-state index >= 15 is 0 Å². The third-order valence-corrected chi connectivity index (χ3v) is 6.83. The molecule has 4 nitrogen and oxygen atoms in total. The second kappa shape index (κ2) is 5.81. The van der Waals surface area contributed by atoms with E-state index in [9.17, 15) is 13.2 Å². The molecule has 1 aromatic heterocycles. The lowest BCUT2D eigenvalue weighted by atomic mass is 9.83. The SMILES string of the molecule is Cc1c(C(=O)NCCC2CCC2)csc1S(=O)(=O)Cl. The lowest BCUT2D eigenvalue weighted by Crippen LogP contribution is -2.27. The average Bonchev–Trinajstić information content (AvgIpc) is 2.63. The maximum Gasteiger partial charge on any atom is 0.271 e. The highest BCUT2D eigenvalue weighted by molar-refractivity contribution is 8.15. The van der Waals surface area contributed by atoms with Crippen LogP contribution in [0.1, 0.15) is 41.6 Å². The topological polar surface area (TPSA) is 63.2 Å². The van der Waals surface area contributed by atoms with Gasteiger partial charge in [0.15, 0.2) is 0 Å². The van der Waals surface area contributed by atoms with E-state index < -0.39 is 9.05 Å². The van der Waals surface area contributed by atoms with Crippen molar-refractivity contribution in [2.75, 3.05) is 6.54 Å². The van der Waals surface area contributed by atoms with Gasteiger partial charge in [-0.15, -0.1) is 11.3 Å². The van der Waals surface area contributed by atoms with Crippen molar-refractivity contribution in [1.29, 1.82) is 0 Å². The summed E-state index contributed by atoms with van der Waals surface area (Å²) in [5, 5.41) is 4.38. The zero-order chi connectivity index (χ0) is 14.0. The van der Waals surface area contributed by atoms with Crippen LogP contribution in [0.15, 0.2) is 9.59 Å². The number of hydrogen-bond acceptors (Lipinski definition) is 4. The average molecular weight is 322 g/mol. The van der Waals surface area contributed by atoms with Gasteiger partial charge < -0.3 is 5.32 Å². The van der Waals surface area contributed by atoms with E-state index in [1.54, 1.807) is 12.3 Å². The first kappa shape index (κ1) is 14.8. The number of halogens is 1. The normalized spacial score (nSPS) is 16.1. The molecule has 1 aromatic rings. The molecule has 1 N–H and O–H groups in total. The smallest absolute Gasteiger partial charge is 0.271 e. The molecule has 1 saturated carbocycles. The van der Waals surface area contributed by atoms with Crippen molar-refractivity contribution in [2.45, 2.75) is 36.8 Å². The van der Waals surface area contributed by atoms with Crippen LogP contribution in [0.4, 0.5) is 0 Å². The number of nitrogens with one attached hydrogen (secondary N) is 1. The van der Waals surface area contributed by atoms with Gasteiger partial charge in [0.1, 0.15) is 4.21 Å². The van der Waals surface area contributed by atoms with Crippen LogP contribution in [0, 0.1) is 12.8 Å². The molecular formula is C12H16ClNO3S2. The van der Waals surface area contributed by atoms with Gasteiger partial charge in [0.05, 0.1) is 5.56 Å². The summed E-state index contributed by atoms with van der Waals surface area (Å²) in [6.07, 6.45) is 4.79. The van der Waals surface area contributed by atoms with Crippen molar-refractivity contribution in [3.63, 3.8) is 0 Å². The van der Waals surface area contributed by atoms with Crippen LogP contribution >= 0.6 is 22.0 Å². The van der Waals surface area contributed by atoms with Gasteiger partial charge >= 0.3 is 0 Å². The zero-order valence-corrected chi connectivity index (χ0v) is 13.0. The first-order chi connectivity index (χ1) is 8.89. The van der Waals surface area contributed by atoms with Crippen LogP contribution in [-0.4, -0.2) is 20.9 Å². The first-order valence-corrected chi connectivity index (χ1v) is 9.39. The molecule has 1 amide bonds. The number of carbonyl (C=O) groups excluding carboxylic acids is 1. The summed E-state index contributed by atoms with van der Waals surface area (Å²) in [7, 11) is 1.54. The molecule has 0 radical (unpaired) electrons. The fraction of sp³-hybridized carbons (Fsp3) is 0.583. The molecule has 0 saturated heterocycles. The van der Waals surface area contributed by atoms with Crippen LogP contribution in [0.5, 0.6) is 0 Å². The summed E-state index contributed by atoms with van der Waals surface area (Å²) in [5.74, 6) is 0.516. The van der Waals surface area contributed by atoms with Crippen LogP contribution < -0.4 is 5.32 Å². The number of hydrogen-bond donors (Lipinski definition) is 1. The summed E-state index contributed by atoms with van der Waals surface area (Å²) < 4.78 is 22.6. The molecule has 7 heteroatoms. The van der Waals surface area contributed by atoms with Gasteiger partial charge in [-0.1, -0.05) is 19.3 Å². The lowest BCUT2D eigenvalue weighted by Gasteiger charge is -2.25. The predicted molar refractivity (Wildman–Crippen MR) is 76.4 cm³/mol. The van der Waals surface area contributed by atoms with Crippen LogP contribution in [-0.2, 0) is 9.05 Å². The van der Waals surface area contributed by atoms with Crippen LogP contribution in [0.3, 0.4) is 0 Å². The van der Waals surface area contributed by atoms with Gasteiger partial charge in [-0.2, -0.15) is 0 Å². The number of amides is 1. The Morgan fingerprint density at radius 3 is 2.68 bits per heavy atom. The number of carbonyl (C=O) groups is 1. The van der Waals surface area contributed by atoms with E-state index in [4.69, 9.17) is 10.7 Å². The van der Waals surface area contributed by atoms with Crippen molar-refractivity contribution < 1.29 is 13.2 Å². The summed E-state index contributed by atoms with van der Waals surface area (Å²) >= 11 is 0.986. The van der Waals surface area contributed by atoms with Gasteiger partial charge in [0, 0.05) is 22.6 Å². The van der Waals surface area contributed by atoms with Crippen LogP contribution in [0.2, 0.25) is 0 Å². The molecule has 0 bridgehead atoms. The number of thiophene rings is 1. The number of rotatable bonds is 5. The Balaban J connectivity index is 1.97. The molecule has 0 spiro atoms. The second-order valence-electron chi connectivity index (χ2n) is 4.84. The molecular weight excluding hydrogens is 306 g/mol. The maximum atomic E-state index is 12.0. The van der Waals surface area contributed by atoms with Gasteiger partial charge in [-0.3, -0.25) is 4.79 Å². The maximum absolute atomic E-state index is 12.0. The van der Waals surface area contributed by atoms with Gasteiger partial charge in [0.2, 0.25) is 0 Å². The Hall–Kier alpha value is -0.590. The molecule has 1 heterocycles. The van der Waals surface area contributed by atoms with Crippen molar-refractivity contribution in [3.8, 4) is 0 Å². The lowest BCUT2D eigenvalue weighted by molar-refractivity contribution is 0.0948. The second-order valence-corrected chi connectivity index (χ2v) is 8.48. The monoisotopic (exact) mass is 321 g/mol. The van der Waals surface area contributed by atoms with Crippen molar-refractivity contribution in [3.05, 3.63) is 16.5 Å². The fourth-order valence-corrected chi connectivity index (χ4v) is 4.68. The van der Waals surface area contributed by atoms with Gasteiger partial charge in [-0.25, -0.2) is 8.42 Å². The van der Waals surface area contributed by atoms with Crippen molar-refractivity contribution >= 4 is 37.0 Å². The molecule has 19 heavy (non-hydrogen) atoms. The van der Waals surface area contributed by atoms with E-state index in [-0.39, 0.29) is 10.1 Å². The summed E-state index contributed by atoms with van der Waals surface area (Å²) in [6.45, 7) is 2.24. The highest BCUT2D eigenvalue weighted by Crippen LogP contribution is 2.30. The zero-order valence-electron chi connectivity index (χ0n) is 10.6. The summed E-state index contributed by atoms with van der Waals surface area (Å²) in [6, 6.07) is 0. The molecule has 0 unspecified atom stereocenters. The Morgan fingerprint density at radius 1 is 1.53 bits per heavy atom. The van der Waals surface area contributed by atoms with Crippen molar-refractivity contribution in [2.24, 2.45) is 5.92 Å². The summed E-state index contributed by atoms with van der Waals surface area (Å²) in [4.78, 5) is 12.0. The predicted octanol–water partition coefficient (Wildman–Crippen LogP) is 2.90. The minimum atomic E-state index is -3.76. The minimum absolute atomic E-state index is 0.0540. The highest BCUT2D eigenvalue weighted by atomic mass is 35.7. The molecule has 2 rings (SSSR count). The molecule has 1 aliphatic carbocycles. The van der Waals surface area contributed by atoms with Gasteiger partial charge in [0.25, 0.3) is 15.0 Å². The Morgan fingerprint density at radius 2 is 2.21 bits per heavy atom. The van der Waals surface area contributed by atoms with E-state index in [2.05, 4.69) is 5.32 Å². The Kier molecular flexibility index (Phi) is 4.53. The summed E-state index contributed by atoms with van der Waals surface area (Å²) in [5.41, 5.74) is 0.832. The third-order valence-electron chi connectivity index (χ3n) is 3.52. The molecule has 0 atom stereocenters. The fourth-order valence-electron chi connectivity index (χ4n) is 2.13. The third kappa shape index (κ3) is 3.49. The van der Waals surface area contributed by atoms with Crippen molar-refractivity contribution in [1.82, 2.24) is 5.32 Å². The van der Waals surface area contributed by atoms with E-state index in [1.807, 2.05) is 0 Å². The minimum Gasteiger partial charge on any atom is -0.352 e. The molecule has 106 valence electrons. The van der Waals surface area contributed by atoms with Gasteiger partial charge in [-0.05, 0) is 24.8 Å². The largest absolute Gasteiger partial charge is 0.352 e. The van der Waals surface area contributed by atoms with E-state index in [0.29, 0.717) is 17.7 Å². The Labute approximate surface area is 121 Å². The molecule has 0 aliphatic heterocycles.